The molecule has 0 saturated heterocycles. The molecule has 1 atom stereocenters. The Morgan fingerprint density at radius 2 is 1.67 bits per heavy atom. The van der Waals surface area contributed by atoms with E-state index < -0.39 is 0 Å². The van der Waals surface area contributed by atoms with Crippen LogP contribution in [0.15, 0.2) is 30.3 Å². The average molecular weight is 351 g/mol. The molecule has 0 saturated carbocycles. The molecule has 1 amide bonds. The monoisotopic (exact) mass is 350 g/mol. The summed E-state index contributed by atoms with van der Waals surface area (Å²) in [5.41, 5.74) is 0.768. The minimum atomic E-state index is -0.0443. The smallest absolute Gasteiger partial charge is 0.224 e. The Bertz CT molecular complexity index is 476. The molecule has 1 aromatic carbocycles. The van der Waals surface area contributed by atoms with Crippen molar-refractivity contribution < 1.29 is 9.59 Å². The Morgan fingerprint density at radius 1 is 1.00 bits per heavy atom. The van der Waals surface area contributed by atoms with Crippen LogP contribution in [0, 0.1) is 0 Å². The highest BCUT2D eigenvalue weighted by Gasteiger charge is 2.19. The number of nitrogens with one attached hydrogen (secondary N) is 1. The molecular formula is C20H32NO2S+. The molecule has 0 aromatic heterocycles. The van der Waals surface area contributed by atoms with Gasteiger partial charge in [-0.1, -0.05) is 69.4 Å². The molecule has 1 N–H and O–H groups in total. The molecule has 3 nitrogen and oxygen atoms in total. The first-order valence-corrected chi connectivity index (χ1v) is 11.0. The summed E-state index contributed by atoms with van der Waals surface area (Å²) >= 11 is 0. The number of rotatable bonds is 13. The zero-order chi connectivity index (χ0) is 17.6. The molecular weight excluding hydrogens is 318 g/mol. The van der Waals surface area contributed by atoms with Gasteiger partial charge in [0.1, 0.15) is 5.75 Å². The van der Waals surface area contributed by atoms with Gasteiger partial charge < -0.3 is 5.32 Å². The van der Waals surface area contributed by atoms with Gasteiger partial charge in [-0.2, -0.15) is 0 Å². The van der Waals surface area contributed by atoms with Gasteiger partial charge >= 0.3 is 0 Å². The summed E-state index contributed by atoms with van der Waals surface area (Å²) in [6.45, 7) is 3.00. The number of carbonyl (C=O) groups excluding carboxylic acids is 2. The van der Waals surface area contributed by atoms with Gasteiger partial charge in [0.2, 0.25) is 11.7 Å². The minimum absolute atomic E-state index is 0.0443. The number of benzene rings is 1. The standard InChI is InChI=1S/C20H31NO2S/c1-3-4-5-6-7-11-15-21-20(23)14-16-24(2)17-19(22)18-12-9-8-10-13-18/h8-10,12-13H,3-7,11,14-17H2,1-2H3/p+1. The fourth-order valence-corrected chi connectivity index (χ4v) is 3.78. The van der Waals surface area contributed by atoms with E-state index in [1.807, 2.05) is 30.3 Å². The summed E-state index contributed by atoms with van der Waals surface area (Å²) in [6, 6.07) is 9.39. The Labute approximate surface area is 150 Å². The van der Waals surface area contributed by atoms with E-state index >= 15 is 0 Å². The molecule has 0 aliphatic rings. The van der Waals surface area contributed by atoms with Crippen LogP contribution in [0.4, 0.5) is 0 Å². The second-order valence-corrected chi connectivity index (χ2v) is 8.55. The van der Waals surface area contributed by atoms with Crippen LogP contribution in [0.5, 0.6) is 0 Å². The number of hydrogen-bond acceptors (Lipinski definition) is 2. The summed E-state index contributed by atoms with van der Waals surface area (Å²) < 4.78 is 0. The lowest BCUT2D eigenvalue weighted by Crippen LogP contribution is -2.28. The highest BCUT2D eigenvalue weighted by molar-refractivity contribution is 7.96. The van der Waals surface area contributed by atoms with Crippen LogP contribution in [0.1, 0.15) is 62.2 Å². The van der Waals surface area contributed by atoms with E-state index in [0.717, 1.165) is 24.3 Å². The summed E-state index contributed by atoms with van der Waals surface area (Å²) in [5.74, 6) is 1.62. The third kappa shape index (κ3) is 9.76. The van der Waals surface area contributed by atoms with Crippen molar-refractivity contribution in [3.8, 4) is 0 Å². The van der Waals surface area contributed by atoms with E-state index in [-0.39, 0.29) is 22.6 Å². The van der Waals surface area contributed by atoms with Crippen LogP contribution in [-0.4, -0.2) is 36.0 Å². The lowest BCUT2D eigenvalue weighted by Gasteiger charge is -2.06. The Morgan fingerprint density at radius 3 is 2.38 bits per heavy atom. The van der Waals surface area contributed by atoms with Crippen molar-refractivity contribution in [2.75, 3.05) is 24.3 Å². The van der Waals surface area contributed by atoms with Crippen molar-refractivity contribution in [1.29, 1.82) is 0 Å². The fraction of sp³-hybridized carbons (Fsp3) is 0.600. The minimum Gasteiger partial charge on any atom is -0.356 e. The first-order chi connectivity index (χ1) is 11.6. The number of Topliss-reactive ketones (excluding diaryl/α,β-unsaturated/α-hetero) is 1. The quantitative estimate of drug-likeness (QED) is 0.332. The normalized spacial score (nSPS) is 11.9. The van der Waals surface area contributed by atoms with Gasteiger partial charge in [-0.3, -0.25) is 9.59 Å². The zero-order valence-corrected chi connectivity index (χ0v) is 16.0. The van der Waals surface area contributed by atoms with E-state index in [1.165, 1.54) is 32.1 Å². The Kier molecular flexibility index (Phi) is 11.3. The lowest BCUT2D eigenvalue weighted by atomic mass is 10.1. The van der Waals surface area contributed by atoms with Gasteiger partial charge in [0.15, 0.2) is 5.75 Å². The molecule has 1 rings (SSSR count). The van der Waals surface area contributed by atoms with E-state index in [0.29, 0.717) is 12.2 Å². The topological polar surface area (TPSA) is 46.2 Å². The molecule has 0 heterocycles. The van der Waals surface area contributed by atoms with Gasteiger partial charge in [-0.25, -0.2) is 0 Å². The molecule has 24 heavy (non-hydrogen) atoms. The van der Waals surface area contributed by atoms with E-state index in [4.69, 9.17) is 0 Å². The van der Waals surface area contributed by atoms with Crippen molar-refractivity contribution in [1.82, 2.24) is 5.32 Å². The van der Waals surface area contributed by atoms with E-state index in [2.05, 4.69) is 18.5 Å². The lowest BCUT2D eigenvalue weighted by molar-refractivity contribution is -0.120. The molecule has 1 aromatic rings. The van der Waals surface area contributed by atoms with Crippen LogP contribution in [-0.2, 0) is 15.7 Å². The van der Waals surface area contributed by atoms with Gasteiger partial charge in [-0.15, -0.1) is 0 Å². The summed E-state index contributed by atoms with van der Waals surface area (Å²) in [5, 5.41) is 2.99. The van der Waals surface area contributed by atoms with Crippen molar-refractivity contribution >= 4 is 22.6 Å². The van der Waals surface area contributed by atoms with Crippen LogP contribution in [0.2, 0.25) is 0 Å². The van der Waals surface area contributed by atoms with Crippen LogP contribution >= 0.6 is 0 Å². The molecule has 0 aliphatic heterocycles. The number of unbranched alkanes of at least 4 members (excludes halogenated alkanes) is 5. The van der Waals surface area contributed by atoms with Gasteiger partial charge in [0.25, 0.3) is 0 Å². The second kappa shape index (κ2) is 13.1. The zero-order valence-electron chi connectivity index (χ0n) is 15.2. The number of hydrogen-bond donors (Lipinski definition) is 1. The number of carbonyl (C=O) groups is 2. The molecule has 0 aliphatic carbocycles. The second-order valence-electron chi connectivity index (χ2n) is 6.29. The first-order valence-electron chi connectivity index (χ1n) is 9.07. The molecule has 134 valence electrons. The van der Waals surface area contributed by atoms with Crippen molar-refractivity contribution in [3.05, 3.63) is 35.9 Å². The molecule has 0 fully saturated rings. The summed E-state index contributed by atoms with van der Waals surface area (Å²) in [4.78, 5) is 24.0. The first kappa shape index (κ1) is 20.8. The number of amides is 1. The highest BCUT2D eigenvalue weighted by atomic mass is 32.2. The third-order valence-corrected chi connectivity index (χ3v) is 5.66. The van der Waals surface area contributed by atoms with Crippen LogP contribution in [0.3, 0.4) is 0 Å². The van der Waals surface area contributed by atoms with Gasteiger partial charge in [0.05, 0.1) is 12.7 Å². The predicted molar refractivity (Wildman–Crippen MR) is 105 cm³/mol. The summed E-state index contributed by atoms with van der Waals surface area (Å²) in [7, 11) is -0.0443. The van der Waals surface area contributed by atoms with E-state index in [1.54, 1.807) is 0 Å². The molecule has 1 unspecified atom stereocenters. The van der Waals surface area contributed by atoms with Crippen LogP contribution in [0.25, 0.3) is 0 Å². The van der Waals surface area contributed by atoms with Crippen molar-refractivity contribution in [2.45, 2.75) is 51.9 Å². The van der Waals surface area contributed by atoms with Gasteiger partial charge in [0, 0.05) is 12.1 Å². The number of ketones is 1. The fourth-order valence-electron chi connectivity index (χ4n) is 2.49. The summed E-state index contributed by atoms with van der Waals surface area (Å²) in [6.07, 6.45) is 10.0. The maximum Gasteiger partial charge on any atom is 0.224 e. The Balaban J connectivity index is 2.08. The third-order valence-electron chi connectivity index (χ3n) is 4.00. The molecule has 4 heteroatoms. The maximum atomic E-state index is 12.1. The highest BCUT2D eigenvalue weighted by Crippen LogP contribution is 2.05. The van der Waals surface area contributed by atoms with Crippen LogP contribution < -0.4 is 5.32 Å². The van der Waals surface area contributed by atoms with Crippen molar-refractivity contribution in [2.24, 2.45) is 0 Å². The van der Waals surface area contributed by atoms with E-state index in [9.17, 15) is 9.59 Å². The molecule has 0 spiro atoms. The molecule has 0 radical (unpaired) electrons. The maximum absolute atomic E-state index is 12.1. The van der Waals surface area contributed by atoms with Crippen molar-refractivity contribution in [3.63, 3.8) is 0 Å². The average Bonchev–Trinajstić information content (AvgIpc) is 2.60. The van der Waals surface area contributed by atoms with Gasteiger partial charge in [-0.05, 0) is 17.3 Å². The largest absolute Gasteiger partial charge is 0.356 e. The Hall–Kier alpha value is -1.29. The predicted octanol–water partition coefficient (Wildman–Crippen LogP) is 3.98. The SMILES string of the molecule is CCCCCCCCNC(=O)CC[S+](C)CC(=O)c1ccccc1. The molecule has 0 bridgehead atoms.